The van der Waals surface area contributed by atoms with Crippen molar-refractivity contribution in [3.05, 3.63) is 65.7 Å². The molecule has 0 bridgehead atoms. The largest absolute Gasteiger partial charge is 0.324 e. The Balaban J connectivity index is 1.56. The number of aliphatic imine (C=N–C) groups is 1. The van der Waals surface area contributed by atoms with E-state index in [-0.39, 0.29) is 18.0 Å². The second-order valence-corrected chi connectivity index (χ2v) is 6.77. The highest BCUT2D eigenvalue weighted by Gasteiger charge is 2.32. The van der Waals surface area contributed by atoms with Crippen molar-refractivity contribution in [2.75, 3.05) is 5.32 Å². The first kappa shape index (κ1) is 18.1. The Kier molecular flexibility index (Phi) is 5.62. The average Bonchev–Trinajstić information content (AvgIpc) is 2.96. The highest BCUT2D eigenvalue weighted by atomic mass is 32.2. The average molecular weight is 375 g/mol. The van der Waals surface area contributed by atoms with E-state index in [0.717, 1.165) is 29.5 Å². The van der Waals surface area contributed by atoms with Crippen LogP contribution in [0.25, 0.3) is 0 Å². The number of thioether (sulfide) groups is 1. The number of carbonyl (C=O) groups excluding carboxylic acids is 2. The molecule has 1 atom stereocenters. The number of carbonyl (C=O) groups is 2. The molecule has 0 aromatic heterocycles. The van der Waals surface area contributed by atoms with Crippen molar-refractivity contribution in [3.8, 4) is 0 Å². The molecule has 1 aliphatic rings. The smallest absolute Gasteiger partial charge is 0.240 e. The second kappa shape index (κ2) is 8.09. The molecule has 0 spiro atoms. The molecule has 0 unspecified atom stereocenters. The number of hydrogen-bond donors (Lipinski definition) is 2. The number of hydrogen-bond acceptors (Lipinski definition) is 4. The van der Waals surface area contributed by atoms with E-state index < -0.39 is 22.8 Å². The number of amidine groups is 1. The number of nitrogens with zero attached hydrogens (tertiary/aromatic N) is 1. The molecule has 3 rings (SSSR count). The van der Waals surface area contributed by atoms with Gasteiger partial charge >= 0.3 is 0 Å². The van der Waals surface area contributed by atoms with E-state index in [9.17, 15) is 18.4 Å². The second-order valence-electron chi connectivity index (χ2n) is 5.58. The lowest BCUT2D eigenvalue weighted by Crippen LogP contribution is -2.28. The van der Waals surface area contributed by atoms with Crippen molar-refractivity contribution in [2.45, 2.75) is 18.2 Å². The fourth-order valence-corrected chi connectivity index (χ4v) is 3.29. The number of anilines is 1. The van der Waals surface area contributed by atoms with Gasteiger partial charge in [-0.3, -0.25) is 14.6 Å². The van der Waals surface area contributed by atoms with Crippen LogP contribution < -0.4 is 10.6 Å². The molecule has 1 saturated heterocycles. The van der Waals surface area contributed by atoms with Gasteiger partial charge in [0.15, 0.2) is 5.17 Å². The molecule has 1 aliphatic heterocycles. The van der Waals surface area contributed by atoms with Crippen LogP contribution in [0.1, 0.15) is 12.0 Å². The van der Waals surface area contributed by atoms with Crippen LogP contribution in [0.15, 0.2) is 53.5 Å². The van der Waals surface area contributed by atoms with E-state index in [1.165, 1.54) is 0 Å². The Morgan fingerprint density at radius 1 is 1.19 bits per heavy atom. The van der Waals surface area contributed by atoms with Crippen LogP contribution >= 0.6 is 11.8 Å². The summed E-state index contributed by atoms with van der Waals surface area (Å²) in [5, 5.41) is 4.78. The molecule has 134 valence electrons. The molecule has 0 aliphatic carbocycles. The van der Waals surface area contributed by atoms with Gasteiger partial charge in [-0.15, -0.1) is 0 Å². The summed E-state index contributed by atoms with van der Waals surface area (Å²) < 4.78 is 26.4. The van der Waals surface area contributed by atoms with E-state index in [2.05, 4.69) is 15.6 Å². The maximum absolute atomic E-state index is 13.6. The van der Waals surface area contributed by atoms with Gasteiger partial charge in [-0.2, -0.15) is 0 Å². The maximum Gasteiger partial charge on any atom is 0.240 e. The lowest BCUT2D eigenvalue weighted by Gasteiger charge is -2.08. The SMILES string of the molecule is O=C(C[C@@H]1SC(=NCc2ccccc2)NC1=O)Nc1ccc(F)cc1F. The van der Waals surface area contributed by atoms with E-state index in [4.69, 9.17) is 0 Å². The van der Waals surface area contributed by atoms with Crippen LogP contribution in [0.3, 0.4) is 0 Å². The fraction of sp³-hybridized carbons (Fsp3) is 0.167. The zero-order valence-electron chi connectivity index (χ0n) is 13.5. The normalized spacial score (nSPS) is 18.0. The van der Waals surface area contributed by atoms with E-state index in [0.29, 0.717) is 17.8 Å². The van der Waals surface area contributed by atoms with Gasteiger partial charge in [0.05, 0.1) is 12.2 Å². The van der Waals surface area contributed by atoms with Gasteiger partial charge in [0.1, 0.15) is 16.9 Å². The summed E-state index contributed by atoms with van der Waals surface area (Å²) >= 11 is 1.16. The van der Waals surface area contributed by atoms with Crippen molar-refractivity contribution in [1.29, 1.82) is 0 Å². The summed E-state index contributed by atoms with van der Waals surface area (Å²) in [6.45, 7) is 0.420. The molecule has 2 N–H and O–H groups in total. The Labute approximate surface area is 152 Å². The number of nitrogens with one attached hydrogen (secondary N) is 2. The zero-order chi connectivity index (χ0) is 18.5. The van der Waals surface area contributed by atoms with E-state index in [1.807, 2.05) is 30.3 Å². The summed E-state index contributed by atoms with van der Waals surface area (Å²) in [4.78, 5) is 28.3. The highest BCUT2D eigenvalue weighted by Crippen LogP contribution is 2.24. The first-order valence-electron chi connectivity index (χ1n) is 7.82. The molecule has 1 heterocycles. The summed E-state index contributed by atoms with van der Waals surface area (Å²) in [5.74, 6) is -2.46. The lowest BCUT2D eigenvalue weighted by atomic mass is 10.2. The van der Waals surface area contributed by atoms with Crippen LogP contribution in [0.5, 0.6) is 0 Å². The van der Waals surface area contributed by atoms with Crippen LogP contribution in [0.2, 0.25) is 0 Å². The number of halogens is 2. The molecule has 0 saturated carbocycles. The minimum atomic E-state index is -0.869. The first-order valence-corrected chi connectivity index (χ1v) is 8.70. The van der Waals surface area contributed by atoms with Gasteiger partial charge in [-0.25, -0.2) is 8.78 Å². The monoisotopic (exact) mass is 375 g/mol. The summed E-state index contributed by atoms with van der Waals surface area (Å²) in [6.07, 6.45) is -0.141. The third-order valence-electron chi connectivity index (χ3n) is 3.60. The van der Waals surface area contributed by atoms with Crippen LogP contribution in [0.4, 0.5) is 14.5 Å². The minimum Gasteiger partial charge on any atom is -0.324 e. The molecular weight excluding hydrogens is 360 g/mol. The predicted octanol–water partition coefficient (Wildman–Crippen LogP) is 3.08. The zero-order valence-corrected chi connectivity index (χ0v) is 14.4. The molecule has 8 heteroatoms. The topological polar surface area (TPSA) is 70.6 Å². The number of rotatable bonds is 5. The Morgan fingerprint density at radius 2 is 1.96 bits per heavy atom. The highest BCUT2D eigenvalue weighted by molar-refractivity contribution is 8.15. The molecule has 5 nitrogen and oxygen atoms in total. The molecular formula is C18H15F2N3O2S. The molecule has 2 aromatic carbocycles. The summed E-state index contributed by atoms with van der Waals surface area (Å²) in [5.41, 5.74) is 0.876. The van der Waals surface area contributed by atoms with Crippen LogP contribution in [-0.4, -0.2) is 22.2 Å². The predicted molar refractivity (Wildman–Crippen MR) is 96.7 cm³/mol. The van der Waals surface area contributed by atoms with Crippen molar-refractivity contribution in [3.63, 3.8) is 0 Å². The first-order chi connectivity index (χ1) is 12.5. The Hall–Kier alpha value is -2.74. The quantitative estimate of drug-likeness (QED) is 0.844. The number of benzene rings is 2. The van der Waals surface area contributed by atoms with E-state index >= 15 is 0 Å². The third kappa shape index (κ3) is 4.66. The Bertz CT molecular complexity index is 859. The number of amides is 2. The van der Waals surface area contributed by atoms with Crippen molar-refractivity contribution >= 4 is 34.4 Å². The fourth-order valence-electron chi connectivity index (χ4n) is 2.32. The molecule has 1 fully saturated rings. The Morgan fingerprint density at radius 3 is 2.69 bits per heavy atom. The van der Waals surface area contributed by atoms with Gasteiger partial charge in [0.2, 0.25) is 11.8 Å². The van der Waals surface area contributed by atoms with Crippen molar-refractivity contribution in [2.24, 2.45) is 4.99 Å². The summed E-state index contributed by atoms with van der Waals surface area (Å²) in [6, 6.07) is 12.4. The van der Waals surface area contributed by atoms with Gasteiger partial charge in [-0.05, 0) is 17.7 Å². The molecule has 2 aromatic rings. The summed E-state index contributed by atoms with van der Waals surface area (Å²) in [7, 11) is 0. The minimum absolute atomic E-state index is 0.127. The maximum atomic E-state index is 13.6. The van der Waals surface area contributed by atoms with Crippen LogP contribution in [-0.2, 0) is 16.1 Å². The van der Waals surface area contributed by atoms with Gasteiger partial charge in [-0.1, -0.05) is 42.1 Å². The van der Waals surface area contributed by atoms with Gasteiger partial charge < -0.3 is 10.6 Å². The molecule has 0 radical (unpaired) electrons. The molecule has 2 amide bonds. The van der Waals surface area contributed by atoms with Crippen molar-refractivity contribution < 1.29 is 18.4 Å². The lowest BCUT2D eigenvalue weighted by molar-refractivity contribution is -0.122. The third-order valence-corrected chi connectivity index (χ3v) is 4.72. The van der Waals surface area contributed by atoms with Gasteiger partial charge in [0.25, 0.3) is 0 Å². The van der Waals surface area contributed by atoms with Crippen LogP contribution in [0, 0.1) is 11.6 Å². The van der Waals surface area contributed by atoms with E-state index in [1.54, 1.807) is 0 Å². The molecule has 26 heavy (non-hydrogen) atoms. The van der Waals surface area contributed by atoms with Gasteiger partial charge in [0, 0.05) is 12.5 Å². The standard InChI is InChI=1S/C18H15F2N3O2S/c19-12-6-7-14(13(20)8-12)22-16(24)9-15-17(25)23-18(26-15)21-10-11-4-2-1-3-5-11/h1-8,15H,9-10H2,(H,22,24)(H,21,23,25)/t15-/m0/s1. The van der Waals surface area contributed by atoms with Crippen molar-refractivity contribution in [1.82, 2.24) is 5.32 Å².